The van der Waals surface area contributed by atoms with Crippen LogP contribution >= 0.6 is 0 Å². The van der Waals surface area contributed by atoms with E-state index in [0.717, 1.165) is 4.90 Å². The van der Waals surface area contributed by atoms with Crippen LogP contribution in [-0.4, -0.2) is 70.8 Å². The summed E-state index contributed by atoms with van der Waals surface area (Å²) in [6.45, 7) is 3.93. The number of primary amides is 1. The highest BCUT2D eigenvalue weighted by molar-refractivity contribution is 6.12. The molecule has 6 amide bonds. The number of carbonyl (C=O) groups is 6. The van der Waals surface area contributed by atoms with Crippen molar-refractivity contribution in [1.29, 1.82) is 0 Å². The number of unbranched alkanes of at least 4 members (excludes halogenated alkanes) is 2. The fourth-order valence-corrected chi connectivity index (χ4v) is 3.20. The molecule has 1 rings (SSSR count). The van der Waals surface area contributed by atoms with Crippen LogP contribution in [0.25, 0.3) is 0 Å². The molecule has 1 aliphatic heterocycles. The molecule has 0 aromatic carbocycles. The van der Waals surface area contributed by atoms with Crippen molar-refractivity contribution in [3.8, 4) is 0 Å². The molecular formula is C21H33N5O7. The average Bonchev–Trinajstić information content (AvgIpc) is 3.05. The molecule has 0 spiro atoms. The van der Waals surface area contributed by atoms with E-state index in [1.165, 1.54) is 12.2 Å². The molecule has 0 unspecified atom stereocenters. The summed E-state index contributed by atoms with van der Waals surface area (Å²) in [5.41, 5.74) is 4.95. The van der Waals surface area contributed by atoms with E-state index < -0.39 is 30.0 Å². The third-order valence-electron chi connectivity index (χ3n) is 5.04. The van der Waals surface area contributed by atoms with Gasteiger partial charge in [0.05, 0.1) is 0 Å². The van der Waals surface area contributed by atoms with E-state index in [0.29, 0.717) is 25.7 Å². The lowest BCUT2D eigenvalue weighted by molar-refractivity contribution is -0.142. The van der Waals surface area contributed by atoms with Gasteiger partial charge in [0.1, 0.15) is 12.1 Å². The molecule has 0 radical (unpaired) electrons. The molecule has 12 heteroatoms. The molecule has 0 bridgehead atoms. The fraction of sp³-hybridized carbons (Fsp3) is 0.619. The third kappa shape index (κ3) is 10.1. The summed E-state index contributed by atoms with van der Waals surface area (Å²) in [6, 6.07) is -2.80. The molecule has 6 N–H and O–H groups in total. The number of nitrogens with one attached hydrogen (secondary N) is 3. The summed E-state index contributed by atoms with van der Waals surface area (Å²) in [5.74, 6) is -3.13. The Balaban J connectivity index is 2.43. The number of carbonyl (C=O) groups excluding carboxylic acids is 5. The predicted octanol–water partition coefficient (Wildman–Crippen LogP) is -0.369. The van der Waals surface area contributed by atoms with Crippen molar-refractivity contribution in [2.75, 3.05) is 13.1 Å². The molecular weight excluding hydrogens is 434 g/mol. The summed E-state index contributed by atoms with van der Waals surface area (Å²) in [4.78, 5) is 71.1. The molecule has 0 saturated carbocycles. The SMILES string of the molecule is CC(C)[C@@H](NC(=O)CCCCCN1C(=O)C=CC1=O)C(=O)N[C@@H](CCCNC(N)=O)C(=O)O. The van der Waals surface area contributed by atoms with E-state index in [-0.39, 0.29) is 49.6 Å². The van der Waals surface area contributed by atoms with E-state index in [4.69, 9.17) is 5.73 Å². The second-order valence-electron chi connectivity index (χ2n) is 8.09. The molecule has 2 atom stereocenters. The number of imide groups is 1. The van der Waals surface area contributed by atoms with Gasteiger partial charge in [-0.25, -0.2) is 9.59 Å². The normalized spacial score (nSPS) is 14.8. The first-order chi connectivity index (χ1) is 15.5. The molecule has 1 aliphatic rings. The Labute approximate surface area is 192 Å². The van der Waals surface area contributed by atoms with Crippen molar-refractivity contribution < 1.29 is 33.9 Å². The number of carboxylic acids is 1. The number of rotatable bonds is 15. The number of hydrogen-bond donors (Lipinski definition) is 5. The van der Waals surface area contributed by atoms with Crippen LogP contribution in [0, 0.1) is 5.92 Å². The lowest BCUT2D eigenvalue weighted by atomic mass is 10.0. The summed E-state index contributed by atoms with van der Waals surface area (Å²) in [5, 5.41) is 16.8. The van der Waals surface area contributed by atoms with Crippen molar-refractivity contribution in [1.82, 2.24) is 20.9 Å². The lowest BCUT2D eigenvalue weighted by Gasteiger charge is -2.24. The Hall–Kier alpha value is -3.44. The largest absolute Gasteiger partial charge is 0.480 e. The van der Waals surface area contributed by atoms with Gasteiger partial charge >= 0.3 is 12.0 Å². The molecule has 12 nitrogen and oxygen atoms in total. The highest BCUT2D eigenvalue weighted by Gasteiger charge is 2.28. The third-order valence-corrected chi connectivity index (χ3v) is 5.04. The van der Waals surface area contributed by atoms with Gasteiger partial charge < -0.3 is 26.8 Å². The number of nitrogens with two attached hydrogens (primary N) is 1. The monoisotopic (exact) mass is 467 g/mol. The molecule has 0 aliphatic carbocycles. The van der Waals surface area contributed by atoms with Gasteiger partial charge in [-0.1, -0.05) is 20.3 Å². The van der Waals surface area contributed by atoms with E-state index in [1.54, 1.807) is 13.8 Å². The van der Waals surface area contributed by atoms with Crippen LogP contribution in [0.2, 0.25) is 0 Å². The van der Waals surface area contributed by atoms with E-state index in [1.807, 2.05) is 0 Å². The van der Waals surface area contributed by atoms with Gasteiger partial charge in [-0.2, -0.15) is 0 Å². The second kappa shape index (κ2) is 13.9. The number of aliphatic carboxylic acids is 1. The van der Waals surface area contributed by atoms with Crippen molar-refractivity contribution in [3.63, 3.8) is 0 Å². The van der Waals surface area contributed by atoms with Gasteiger partial charge in [0.25, 0.3) is 11.8 Å². The van der Waals surface area contributed by atoms with E-state index in [9.17, 15) is 33.9 Å². The van der Waals surface area contributed by atoms with Crippen molar-refractivity contribution in [3.05, 3.63) is 12.2 Å². The van der Waals surface area contributed by atoms with Crippen LogP contribution in [0.5, 0.6) is 0 Å². The van der Waals surface area contributed by atoms with Gasteiger partial charge in [-0.15, -0.1) is 0 Å². The van der Waals surface area contributed by atoms with Crippen LogP contribution in [0.15, 0.2) is 12.2 Å². The van der Waals surface area contributed by atoms with E-state index in [2.05, 4.69) is 16.0 Å². The highest BCUT2D eigenvalue weighted by atomic mass is 16.4. The van der Waals surface area contributed by atoms with Crippen LogP contribution < -0.4 is 21.7 Å². The molecule has 33 heavy (non-hydrogen) atoms. The maximum Gasteiger partial charge on any atom is 0.326 e. The second-order valence-corrected chi connectivity index (χ2v) is 8.09. The molecule has 0 fully saturated rings. The smallest absolute Gasteiger partial charge is 0.326 e. The minimum Gasteiger partial charge on any atom is -0.480 e. The van der Waals surface area contributed by atoms with Gasteiger partial charge in [-0.05, 0) is 31.6 Å². The summed E-state index contributed by atoms with van der Waals surface area (Å²) in [6.07, 6.45) is 4.65. The minimum absolute atomic E-state index is 0.0810. The molecule has 184 valence electrons. The molecule has 0 aromatic heterocycles. The standard InChI is InChI=1S/C21H33N5O7/c1-13(2)18(19(30)24-14(20(31)32)7-6-11-23-21(22)33)25-15(27)8-4-3-5-12-26-16(28)9-10-17(26)29/h9-10,13-14,18H,3-8,11-12H2,1-2H3,(H,24,30)(H,25,27)(H,31,32)(H3,22,23,33)/t14-,18+/m0/s1. The number of amides is 6. The topological polar surface area (TPSA) is 188 Å². The fourth-order valence-electron chi connectivity index (χ4n) is 3.20. The first-order valence-electron chi connectivity index (χ1n) is 10.9. The Morgan fingerprint density at radius 2 is 1.64 bits per heavy atom. The molecule has 0 aromatic rings. The quantitative estimate of drug-likeness (QED) is 0.160. The summed E-state index contributed by atoms with van der Waals surface area (Å²) in [7, 11) is 0. The van der Waals surface area contributed by atoms with E-state index >= 15 is 0 Å². The Kier molecular flexibility index (Phi) is 11.6. The molecule has 1 heterocycles. The van der Waals surface area contributed by atoms with Crippen molar-refractivity contribution >= 4 is 35.6 Å². The zero-order valence-corrected chi connectivity index (χ0v) is 19.0. The molecule has 0 saturated heterocycles. The number of urea groups is 1. The summed E-state index contributed by atoms with van der Waals surface area (Å²) < 4.78 is 0. The highest BCUT2D eigenvalue weighted by Crippen LogP contribution is 2.09. The zero-order chi connectivity index (χ0) is 25.0. The number of hydrogen-bond acceptors (Lipinski definition) is 6. The Morgan fingerprint density at radius 3 is 2.18 bits per heavy atom. The van der Waals surface area contributed by atoms with Crippen molar-refractivity contribution in [2.45, 2.75) is 64.5 Å². The van der Waals surface area contributed by atoms with Gasteiger partial charge in [0, 0.05) is 31.7 Å². The average molecular weight is 468 g/mol. The number of nitrogens with zero attached hydrogens (tertiary/aromatic N) is 1. The predicted molar refractivity (Wildman–Crippen MR) is 117 cm³/mol. The van der Waals surface area contributed by atoms with Crippen LogP contribution in [0.1, 0.15) is 52.4 Å². The van der Waals surface area contributed by atoms with Crippen LogP contribution in [-0.2, 0) is 24.0 Å². The number of carboxylic acid groups (broad SMARTS) is 1. The zero-order valence-electron chi connectivity index (χ0n) is 19.0. The van der Waals surface area contributed by atoms with Gasteiger partial charge in [0.2, 0.25) is 11.8 Å². The van der Waals surface area contributed by atoms with Crippen LogP contribution in [0.4, 0.5) is 4.79 Å². The van der Waals surface area contributed by atoms with Crippen LogP contribution in [0.3, 0.4) is 0 Å². The van der Waals surface area contributed by atoms with Crippen molar-refractivity contribution in [2.24, 2.45) is 11.7 Å². The minimum atomic E-state index is -1.22. The van der Waals surface area contributed by atoms with Gasteiger partial charge in [0.15, 0.2) is 0 Å². The Morgan fingerprint density at radius 1 is 1.00 bits per heavy atom. The Bertz CT molecular complexity index is 763. The van der Waals surface area contributed by atoms with Gasteiger partial charge in [-0.3, -0.25) is 24.1 Å². The lowest BCUT2D eigenvalue weighted by Crippen LogP contribution is -2.53. The maximum absolute atomic E-state index is 12.6. The maximum atomic E-state index is 12.6. The first kappa shape index (κ1) is 27.6. The summed E-state index contributed by atoms with van der Waals surface area (Å²) >= 11 is 0. The first-order valence-corrected chi connectivity index (χ1v) is 10.9.